The first-order valence-corrected chi connectivity index (χ1v) is 8.07. The molecule has 1 atom stereocenters. The molecule has 2 rings (SSSR count). The van der Waals surface area contributed by atoms with Gasteiger partial charge in [-0.25, -0.2) is 17.5 Å². The first-order chi connectivity index (χ1) is 9.02. The zero-order valence-electron chi connectivity index (χ0n) is 10.9. The van der Waals surface area contributed by atoms with E-state index in [0.717, 1.165) is 18.4 Å². The minimum absolute atomic E-state index is 0.0495. The molecule has 19 heavy (non-hydrogen) atoms. The molecule has 1 aliphatic carbocycles. The van der Waals surface area contributed by atoms with E-state index in [1.165, 1.54) is 19.2 Å². The molecule has 1 aromatic rings. The van der Waals surface area contributed by atoms with Crippen LogP contribution >= 0.6 is 0 Å². The summed E-state index contributed by atoms with van der Waals surface area (Å²) < 4.78 is 37.9. The summed E-state index contributed by atoms with van der Waals surface area (Å²) in [5, 5.41) is 3.27. The van der Waals surface area contributed by atoms with Crippen LogP contribution < -0.4 is 10.0 Å². The van der Waals surface area contributed by atoms with Crippen LogP contribution in [0.4, 0.5) is 4.39 Å². The molecule has 0 heterocycles. The Kier molecular flexibility index (Phi) is 4.54. The van der Waals surface area contributed by atoms with Gasteiger partial charge in [0, 0.05) is 12.6 Å². The summed E-state index contributed by atoms with van der Waals surface area (Å²) in [6, 6.07) is 6.52. The predicted octanol–water partition coefficient (Wildman–Crippen LogP) is 1.42. The summed E-state index contributed by atoms with van der Waals surface area (Å²) in [4.78, 5) is 0. The summed E-state index contributed by atoms with van der Waals surface area (Å²) in [6.45, 7) is 0.391. The van der Waals surface area contributed by atoms with Crippen LogP contribution in [-0.2, 0) is 10.0 Å². The third-order valence-electron chi connectivity index (χ3n) is 3.37. The quantitative estimate of drug-likeness (QED) is 0.797. The molecule has 1 saturated carbocycles. The van der Waals surface area contributed by atoms with Crippen molar-refractivity contribution in [3.05, 3.63) is 35.6 Å². The molecule has 0 bridgehead atoms. The zero-order valence-corrected chi connectivity index (χ0v) is 11.7. The fourth-order valence-electron chi connectivity index (χ4n) is 2.11. The SMILES string of the molecule is CNS(=O)(=O)CCNC(c1ccc(F)cc1)C1CC1. The zero-order chi connectivity index (χ0) is 13.9. The normalized spacial score (nSPS) is 17.4. The molecule has 6 heteroatoms. The van der Waals surface area contributed by atoms with E-state index >= 15 is 0 Å². The average Bonchev–Trinajstić information content (AvgIpc) is 3.20. The van der Waals surface area contributed by atoms with Gasteiger partial charge in [-0.2, -0.15) is 0 Å². The number of rotatable bonds is 7. The molecular weight excluding hydrogens is 267 g/mol. The van der Waals surface area contributed by atoms with Crippen molar-refractivity contribution < 1.29 is 12.8 Å². The van der Waals surface area contributed by atoms with Crippen LogP contribution in [0.15, 0.2) is 24.3 Å². The molecule has 1 aromatic carbocycles. The molecule has 0 aliphatic heterocycles. The molecule has 1 aliphatic rings. The minimum Gasteiger partial charge on any atom is -0.309 e. The fourth-order valence-corrected chi connectivity index (χ4v) is 2.70. The Labute approximate surface area is 113 Å². The Morgan fingerprint density at radius 3 is 2.47 bits per heavy atom. The Balaban J connectivity index is 1.96. The summed E-state index contributed by atoms with van der Waals surface area (Å²) in [5.41, 5.74) is 1.02. The van der Waals surface area contributed by atoms with E-state index in [4.69, 9.17) is 0 Å². The van der Waals surface area contributed by atoms with E-state index < -0.39 is 10.0 Å². The molecule has 4 nitrogen and oxygen atoms in total. The maximum absolute atomic E-state index is 12.9. The van der Waals surface area contributed by atoms with Gasteiger partial charge in [0.1, 0.15) is 5.82 Å². The second-order valence-corrected chi connectivity index (χ2v) is 6.89. The lowest BCUT2D eigenvalue weighted by Crippen LogP contribution is -2.32. The standard InChI is InChI=1S/C13H19FN2O2S/c1-15-19(17,18)9-8-16-13(10-2-3-10)11-4-6-12(14)7-5-11/h4-7,10,13,15-16H,2-3,8-9H2,1H3. The molecule has 1 unspecified atom stereocenters. The van der Waals surface area contributed by atoms with Crippen molar-refractivity contribution in [1.29, 1.82) is 0 Å². The molecule has 0 aromatic heterocycles. The predicted molar refractivity (Wildman–Crippen MR) is 72.7 cm³/mol. The average molecular weight is 286 g/mol. The number of halogens is 1. The number of benzene rings is 1. The Hall–Kier alpha value is -0.980. The van der Waals surface area contributed by atoms with Crippen LogP contribution in [0.1, 0.15) is 24.4 Å². The first kappa shape index (κ1) is 14.4. The van der Waals surface area contributed by atoms with Gasteiger partial charge in [0.2, 0.25) is 10.0 Å². The summed E-state index contributed by atoms with van der Waals surface area (Å²) >= 11 is 0. The maximum Gasteiger partial charge on any atom is 0.212 e. The van der Waals surface area contributed by atoms with Gasteiger partial charge in [0.25, 0.3) is 0 Å². The van der Waals surface area contributed by atoms with Gasteiger partial charge in [-0.05, 0) is 43.5 Å². The van der Waals surface area contributed by atoms with Crippen LogP contribution in [0, 0.1) is 11.7 Å². The van der Waals surface area contributed by atoms with Gasteiger partial charge in [0.05, 0.1) is 5.75 Å². The molecule has 106 valence electrons. The van der Waals surface area contributed by atoms with Crippen molar-refractivity contribution in [2.75, 3.05) is 19.3 Å². The highest BCUT2D eigenvalue weighted by molar-refractivity contribution is 7.89. The number of hydrogen-bond donors (Lipinski definition) is 2. The van der Waals surface area contributed by atoms with Crippen molar-refractivity contribution in [3.63, 3.8) is 0 Å². The molecular formula is C13H19FN2O2S. The maximum atomic E-state index is 12.9. The van der Waals surface area contributed by atoms with Gasteiger partial charge < -0.3 is 5.32 Å². The first-order valence-electron chi connectivity index (χ1n) is 6.42. The van der Waals surface area contributed by atoms with E-state index in [9.17, 15) is 12.8 Å². The lowest BCUT2D eigenvalue weighted by atomic mass is 10.0. The molecule has 0 radical (unpaired) electrons. The summed E-state index contributed by atoms with van der Waals surface area (Å²) in [5.74, 6) is 0.326. The highest BCUT2D eigenvalue weighted by Crippen LogP contribution is 2.40. The minimum atomic E-state index is -3.18. The lowest BCUT2D eigenvalue weighted by Gasteiger charge is -2.18. The smallest absolute Gasteiger partial charge is 0.212 e. The monoisotopic (exact) mass is 286 g/mol. The van der Waals surface area contributed by atoms with E-state index in [1.807, 2.05) is 0 Å². The van der Waals surface area contributed by atoms with Crippen LogP contribution in [-0.4, -0.2) is 27.8 Å². The van der Waals surface area contributed by atoms with E-state index in [2.05, 4.69) is 10.0 Å². The van der Waals surface area contributed by atoms with Crippen LogP contribution in [0.5, 0.6) is 0 Å². The van der Waals surface area contributed by atoms with Crippen molar-refractivity contribution >= 4 is 10.0 Å². The Morgan fingerprint density at radius 1 is 1.32 bits per heavy atom. The third kappa shape index (κ3) is 4.26. The van der Waals surface area contributed by atoms with Crippen LogP contribution in [0.3, 0.4) is 0 Å². The third-order valence-corrected chi connectivity index (χ3v) is 4.73. The summed E-state index contributed by atoms with van der Waals surface area (Å²) in [7, 11) is -1.77. The molecule has 0 amide bonds. The van der Waals surface area contributed by atoms with Gasteiger partial charge in [-0.1, -0.05) is 12.1 Å². The van der Waals surface area contributed by atoms with Crippen molar-refractivity contribution in [2.45, 2.75) is 18.9 Å². The molecule has 1 fully saturated rings. The molecule has 2 N–H and O–H groups in total. The molecule has 0 saturated heterocycles. The second-order valence-electron chi connectivity index (χ2n) is 4.84. The number of hydrogen-bond acceptors (Lipinski definition) is 3. The highest BCUT2D eigenvalue weighted by Gasteiger charge is 2.32. The van der Waals surface area contributed by atoms with Crippen molar-refractivity contribution in [3.8, 4) is 0 Å². The lowest BCUT2D eigenvalue weighted by molar-refractivity contribution is 0.492. The Morgan fingerprint density at radius 2 is 1.95 bits per heavy atom. The molecule has 0 spiro atoms. The second kappa shape index (κ2) is 5.98. The van der Waals surface area contributed by atoms with Crippen molar-refractivity contribution in [1.82, 2.24) is 10.0 Å². The summed E-state index contributed by atoms with van der Waals surface area (Å²) in [6.07, 6.45) is 2.27. The Bertz CT molecular complexity index is 512. The fraction of sp³-hybridized carbons (Fsp3) is 0.538. The van der Waals surface area contributed by atoms with E-state index in [0.29, 0.717) is 12.5 Å². The van der Waals surface area contributed by atoms with Crippen molar-refractivity contribution in [2.24, 2.45) is 5.92 Å². The van der Waals surface area contributed by atoms with Gasteiger partial charge in [-0.3, -0.25) is 0 Å². The van der Waals surface area contributed by atoms with E-state index in [-0.39, 0.29) is 17.6 Å². The largest absolute Gasteiger partial charge is 0.309 e. The van der Waals surface area contributed by atoms with Gasteiger partial charge >= 0.3 is 0 Å². The van der Waals surface area contributed by atoms with Gasteiger partial charge in [-0.15, -0.1) is 0 Å². The number of sulfonamides is 1. The number of nitrogens with one attached hydrogen (secondary N) is 2. The van der Waals surface area contributed by atoms with Crippen LogP contribution in [0.25, 0.3) is 0 Å². The van der Waals surface area contributed by atoms with Gasteiger partial charge in [0.15, 0.2) is 0 Å². The van der Waals surface area contributed by atoms with Crippen LogP contribution in [0.2, 0.25) is 0 Å². The highest BCUT2D eigenvalue weighted by atomic mass is 32.2. The topological polar surface area (TPSA) is 58.2 Å². The van der Waals surface area contributed by atoms with E-state index in [1.54, 1.807) is 12.1 Å².